The molecule has 0 atom stereocenters. The van der Waals surface area contributed by atoms with Crippen molar-refractivity contribution in [3.63, 3.8) is 0 Å². The van der Waals surface area contributed by atoms with E-state index in [9.17, 15) is 12.3 Å². The monoisotopic (exact) mass is 260 g/mol. The molecule has 0 unspecified atom stereocenters. The highest BCUT2D eigenvalue weighted by molar-refractivity contribution is 7.86. The first-order chi connectivity index (χ1) is 7.72. The van der Waals surface area contributed by atoms with Crippen LogP contribution in [0.3, 0.4) is 0 Å². The van der Waals surface area contributed by atoms with Crippen molar-refractivity contribution in [2.24, 2.45) is 5.41 Å². The predicted molar refractivity (Wildman–Crippen MR) is 65.4 cm³/mol. The van der Waals surface area contributed by atoms with Gasteiger partial charge in [0.15, 0.2) is 0 Å². The topological polar surface area (TPSA) is 43.4 Å². The summed E-state index contributed by atoms with van der Waals surface area (Å²) >= 11 is 0. The van der Waals surface area contributed by atoms with Gasteiger partial charge in [-0.15, -0.1) is 3.89 Å². The van der Waals surface area contributed by atoms with Gasteiger partial charge in [-0.25, -0.2) is 0 Å². The summed E-state index contributed by atoms with van der Waals surface area (Å²) in [5, 5.41) is 0. The number of halogens is 1. The van der Waals surface area contributed by atoms with Gasteiger partial charge in [-0.1, -0.05) is 26.0 Å². The Morgan fingerprint density at radius 2 is 2.00 bits per heavy atom. The van der Waals surface area contributed by atoms with Crippen molar-refractivity contribution in [1.82, 2.24) is 0 Å². The number of ether oxygens (including phenoxy) is 1. The third kappa shape index (κ3) is 5.17. The molecule has 0 aliphatic heterocycles. The Labute approximate surface area is 102 Å². The molecule has 0 fully saturated rings. The Balaban J connectivity index is 2.82. The molecule has 0 aliphatic carbocycles. The summed E-state index contributed by atoms with van der Waals surface area (Å²) in [4.78, 5) is 0. The van der Waals surface area contributed by atoms with E-state index >= 15 is 0 Å². The minimum absolute atomic E-state index is 0.475. The molecule has 0 N–H and O–H groups in total. The minimum atomic E-state index is -4.45. The highest BCUT2D eigenvalue weighted by Gasteiger charge is 2.26. The van der Waals surface area contributed by atoms with Crippen LogP contribution in [0.2, 0.25) is 0 Å². The Morgan fingerprint density at radius 3 is 2.53 bits per heavy atom. The fourth-order valence-corrected chi connectivity index (χ4v) is 2.89. The van der Waals surface area contributed by atoms with Crippen LogP contribution in [0, 0.1) is 5.41 Å². The van der Waals surface area contributed by atoms with E-state index in [0.29, 0.717) is 12.2 Å². The van der Waals surface area contributed by atoms with Crippen molar-refractivity contribution in [3.8, 4) is 5.75 Å². The number of hydrogen-bond acceptors (Lipinski definition) is 3. The van der Waals surface area contributed by atoms with Gasteiger partial charge in [0, 0.05) is 0 Å². The Kier molecular flexibility index (Phi) is 4.14. The summed E-state index contributed by atoms with van der Waals surface area (Å²) in [5.74, 6) is 0.235. The van der Waals surface area contributed by atoms with Crippen LogP contribution in [-0.2, 0) is 16.6 Å². The summed E-state index contributed by atoms with van der Waals surface area (Å²) in [6.45, 7) is 3.45. The fraction of sp³-hybridized carbons (Fsp3) is 0.500. The summed E-state index contributed by atoms with van der Waals surface area (Å²) in [6, 6.07) is 7.33. The Bertz CT molecular complexity index is 480. The molecule has 0 spiro atoms. The van der Waals surface area contributed by atoms with Crippen molar-refractivity contribution >= 4 is 10.2 Å². The van der Waals surface area contributed by atoms with E-state index in [-0.39, 0.29) is 0 Å². The van der Waals surface area contributed by atoms with Crippen molar-refractivity contribution in [2.45, 2.75) is 20.3 Å². The van der Waals surface area contributed by atoms with Crippen LogP contribution < -0.4 is 4.74 Å². The zero-order chi connectivity index (χ0) is 13.1. The first kappa shape index (κ1) is 14.0. The molecule has 1 aromatic rings. The molecule has 0 radical (unpaired) electrons. The molecule has 1 aromatic carbocycles. The van der Waals surface area contributed by atoms with E-state index in [1.807, 2.05) is 24.3 Å². The summed E-state index contributed by atoms with van der Waals surface area (Å²) in [7, 11) is -2.88. The second-order valence-electron chi connectivity index (χ2n) is 4.88. The maximum atomic E-state index is 12.7. The van der Waals surface area contributed by atoms with Crippen molar-refractivity contribution in [3.05, 3.63) is 29.8 Å². The van der Waals surface area contributed by atoms with Gasteiger partial charge in [0.25, 0.3) is 0 Å². The van der Waals surface area contributed by atoms with Gasteiger partial charge in [-0.05, 0) is 29.5 Å². The van der Waals surface area contributed by atoms with Crippen LogP contribution in [0.1, 0.15) is 19.4 Å². The summed E-state index contributed by atoms with van der Waals surface area (Å²) < 4.78 is 39.1. The Morgan fingerprint density at radius 1 is 1.35 bits per heavy atom. The molecule has 5 heteroatoms. The first-order valence-electron chi connectivity index (χ1n) is 5.27. The lowest BCUT2D eigenvalue weighted by Gasteiger charge is -2.22. The molecule has 0 saturated heterocycles. The molecular weight excluding hydrogens is 243 g/mol. The Hall–Kier alpha value is -1.10. The second kappa shape index (κ2) is 5.04. The van der Waals surface area contributed by atoms with E-state index in [2.05, 4.69) is 0 Å². The molecule has 0 saturated carbocycles. The standard InChI is InChI=1S/C12H17FO3S/c1-12(2,9-17(13,14)15)8-10-5-4-6-11(7-10)16-3/h4-7H,8-9H2,1-3H3. The minimum Gasteiger partial charge on any atom is -0.497 e. The van der Waals surface area contributed by atoms with Gasteiger partial charge >= 0.3 is 10.2 Å². The fourth-order valence-electron chi connectivity index (χ4n) is 1.85. The van der Waals surface area contributed by atoms with Gasteiger partial charge in [0.05, 0.1) is 12.9 Å². The molecule has 0 amide bonds. The normalized spacial score (nSPS) is 12.5. The molecule has 96 valence electrons. The highest BCUT2D eigenvalue weighted by Crippen LogP contribution is 2.26. The van der Waals surface area contributed by atoms with Gasteiger partial charge in [0.1, 0.15) is 5.75 Å². The molecule has 0 aromatic heterocycles. The van der Waals surface area contributed by atoms with E-state index in [0.717, 1.165) is 5.56 Å². The van der Waals surface area contributed by atoms with Crippen LogP contribution in [0.25, 0.3) is 0 Å². The third-order valence-corrected chi connectivity index (χ3v) is 3.51. The van der Waals surface area contributed by atoms with Crippen molar-refractivity contribution in [2.75, 3.05) is 12.9 Å². The van der Waals surface area contributed by atoms with Crippen molar-refractivity contribution < 1.29 is 17.0 Å². The first-order valence-corrected chi connectivity index (χ1v) is 6.82. The molecule has 0 heterocycles. The zero-order valence-electron chi connectivity index (χ0n) is 10.2. The maximum absolute atomic E-state index is 12.7. The van der Waals surface area contributed by atoms with Crippen LogP contribution in [0.4, 0.5) is 3.89 Å². The van der Waals surface area contributed by atoms with Crippen LogP contribution >= 0.6 is 0 Å². The van der Waals surface area contributed by atoms with Gasteiger partial charge in [0.2, 0.25) is 0 Å². The zero-order valence-corrected chi connectivity index (χ0v) is 11.1. The maximum Gasteiger partial charge on any atom is 0.302 e. The largest absolute Gasteiger partial charge is 0.497 e. The number of hydrogen-bond donors (Lipinski definition) is 0. The third-order valence-electron chi connectivity index (χ3n) is 2.38. The van der Waals surface area contributed by atoms with E-state index in [4.69, 9.17) is 4.74 Å². The molecule has 0 bridgehead atoms. The quantitative estimate of drug-likeness (QED) is 0.764. The molecule has 17 heavy (non-hydrogen) atoms. The van der Waals surface area contributed by atoms with E-state index in [1.165, 1.54) is 0 Å². The lowest BCUT2D eigenvalue weighted by molar-refractivity contribution is 0.396. The molecular formula is C12H17FO3S. The SMILES string of the molecule is COc1cccc(CC(C)(C)CS(=O)(=O)F)c1. The molecule has 0 aliphatic rings. The molecule has 1 rings (SSSR count). The second-order valence-corrected chi connectivity index (χ2v) is 6.24. The lowest BCUT2D eigenvalue weighted by atomic mass is 9.88. The predicted octanol–water partition coefficient (Wildman–Crippen LogP) is 2.56. The molecule has 3 nitrogen and oxygen atoms in total. The van der Waals surface area contributed by atoms with E-state index in [1.54, 1.807) is 21.0 Å². The van der Waals surface area contributed by atoms with E-state index < -0.39 is 21.4 Å². The van der Waals surface area contributed by atoms with Gasteiger partial charge in [-0.2, -0.15) is 8.42 Å². The average Bonchev–Trinajstić information content (AvgIpc) is 2.13. The number of benzene rings is 1. The average molecular weight is 260 g/mol. The summed E-state index contributed by atoms with van der Waals surface area (Å²) in [6.07, 6.45) is 0.480. The highest BCUT2D eigenvalue weighted by atomic mass is 32.3. The van der Waals surface area contributed by atoms with Crippen LogP contribution in [0.5, 0.6) is 5.75 Å². The van der Waals surface area contributed by atoms with Gasteiger partial charge in [-0.3, -0.25) is 0 Å². The van der Waals surface area contributed by atoms with Crippen molar-refractivity contribution in [1.29, 1.82) is 0 Å². The van der Waals surface area contributed by atoms with Crippen LogP contribution in [0.15, 0.2) is 24.3 Å². The summed E-state index contributed by atoms with van der Waals surface area (Å²) in [5.41, 5.74) is 0.290. The van der Waals surface area contributed by atoms with Gasteiger partial charge < -0.3 is 4.74 Å². The number of rotatable bonds is 5. The smallest absolute Gasteiger partial charge is 0.302 e. The number of methoxy groups -OCH3 is 1. The van der Waals surface area contributed by atoms with Crippen LogP contribution in [-0.4, -0.2) is 21.3 Å². The lowest BCUT2D eigenvalue weighted by Crippen LogP contribution is -2.24.